The van der Waals surface area contributed by atoms with Gasteiger partial charge in [0.2, 0.25) is 11.8 Å². The number of nitrogens with one attached hydrogen (secondary N) is 2. The normalized spacial score (nSPS) is 19.9. The van der Waals surface area contributed by atoms with E-state index in [1.807, 2.05) is 0 Å². The molecular formula is C28H37F2N5O2. The first kappa shape index (κ1) is 27.0. The van der Waals surface area contributed by atoms with Crippen molar-refractivity contribution in [2.45, 2.75) is 70.0 Å². The smallest absolute Gasteiger partial charge is 0.245 e. The Balaban J connectivity index is 1.61. The van der Waals surface area contributed by atoms with Crippen molar-refractivity contribution in [2.75, 3.05) is 25.5 Å². The van der Waals surface area contributed by atoms with Gasteiger partial charge >= 0.3 is 0 Å². The van der Waals surface area contributed by atoms with Crippen LogP contribution in [0.3, 0.4) is 0 Å². The number of nitrogens with zero attached hydrogens (tertiary/aromatic N) is 3. The second-order valence-electron chi connectivity index (χ2n) is 10.2. The molecule has 2 N–H and O–H groups in total. The SMILES string of the molecule is CNC(C)C(=O)NC(C(=O)N1CCC[C@H]1c1ccnc(N(C)c2ccc(F)cc2)c1F)C1CCCCC1. The fourth-order valence-electron chi connectivity index (χ4n) is 5.52. The van der Waals surface area contributed by atoms with Crippen LogP contribution >= 0.6 is 0 Å². The molecule has 200 valence electrons. The molecule has 1 aliphatic carbocycles. The van der Waals surface area contributed by atoms with E-state index in [0.717, 1.165) is 38.5 Å². The van der Waals surface area contributed by atoms with E-state index >= 15 is 4.39 Å². The molecule has 3 atom stereocenters. The summed E-state index contributed by atoms with van der Waals surface area (Å²) in [4.78, 5) is 34.3. The van der Waals surface area contributed by atoms with E-state index in [-0.39, 0.29) is 29.4 Å². The van der Waals surface area contributed by atoms with Gasteiger partial charge in [0.25, 0.3) is 0 Å². The highest BCUT2D eigenvalue weighted by molar-refractivity contribution is 5.90. The summed E-state index contributed by atoms with van der Waals surface area (Å²) in [6.45, 7) is 2.27. The van der Waals surface area contributed by atoms with Crippen LogP contribution in [0.4, 0.5) is 20.3 Å². The number of anilines is 2. The van der Waals surface area contributed by atoms with Crippen LogP contribution in [0, 0.1) is 17.6 Å². The summed E-state index contributed by atoms with van der Waals surface area (Å²) >= 11 is 0. The van der Waals surface area contributed by atoms with Crippen LogP contribution in [0.25, 0.3) is 0 Å². The van der Waals surface area contributed by atoms with Gasteiger partial charge in [-0.15, -0.1) is 0 Å². The van der Waals surface area contributed by atoms with Crippen LogP contribution in [0.2, 0.25) is 0 Å². The topological polar surface area (TPSA) is 77.6 Å². The summed E-state index contributed by atoms with van der Waals surface area (Å²) in [7, 11) is 3.39. The Bertz CT molecular complexity index is 1090. The van der Waals surface area contributed by atoms with Gasteiger partial charge in [-0.3, -0.25) is 9.59 Å². The van der Waals surface area contributed by atoms with Crippen LogP contribution in [0.5, 0.6) is 0 Å². The maximum absolute atomic E-state index is 15.9. The Morgan fingerprint density at radius 3 is 2.43 bits per heavy atom. The van der Waals surface area contributed by atoms with E-state index < -0.39 is 23.9 Å². The highest BCUT2D eigenvalue weighted by atomic mass is 19.1. The molecule has 9 heteroatoms. The molecule has 4 rings (SSSR count). The Kier molecular flexibility index (Phi) is 8.74. The van der Waals surface area contributed by atoms with E-state index in [0.29, 0.717) is 24.2 Å². The lowest BCUT2D eigenvalue weighted by Gasteiger charge is -2.35. The second-order valence-corrected chi connectivity index (χ2v) is 10.2. The van der Waals surface area contributed by atoms with Crippen LogP contribution in [0.1, 0.15) is 63.5 Å². The predicted molar refractivity (Wildman–Crippen MR) is 139 cm³/mol. The number of benzene rings is 1. The molecule has 0 bridgehead atoms. The average Bonchev–Trinajstić information content (AvgIpc) is 3.41. The minimum Gasteiger partial charge on any atom is -0.343 e. The van der Waals surface area contributed by atoms with E-state index in [1.54, 1.807) is 55.2 Å². The summed E-state index contributed by atoms with van der Waals surface area (Å²) in [6.07, 6.45) is 7.91. The average molecular weight is 514 g/mol. The summed E-state index contributed by atoms with van der Waals surface area (Å²) in [5.74, 6) is -1.04. The van der Waals surface area contributed by atoms with Crippen molar-refractivity contribution in [1.82, 2.24) is 20.5 Å². The lowest BCUT2D eigenvalue weighted by molar-refractivity contribution is -0.139. The molecule has 2 aliphatic rings. The number of hydrogen-bond donors (Lipinski definition) is 2. The van der Waals surface area contributed by atoms with Gasteiger partial charge in [0.05, 0.1) is 12.1 Å². The Labute approximate surface area is 217 Å². The molecule has 2 amide bonds. The zero-order chi connectivity index (χ0) is 26.5. The molecule has 2 aromatic rings. The third-order valence-corrected chi connectivity index (χ3v) is 7.84. The first-order valence-corrected chi connectivity index (χ1v) is 13.2. The maximum Gasteiger partial charge on any atom is 0.245 e. The molecule has 0 spiro atoms. The zero-order valence-corrected chi connectivity index (χ0v) is 21.8. The summed E-state index contributed by atoms with van der Waals surface area (Å²) in [5, 5.41) is 5.96. The van der Waals surface area contributed by atoms with Gasteiger partial charge in [-0.2, -0.15) is 0 Å². The van der Waals surface area contributed by atoms with Crippen molar-refractivity contribution in [3.8, 4) is 0 Å². The molecule has 2 unspecified atom stereocenters. The minimum atomic E-state index is -0.629. The molecule has 1 saturated carbocycles. The van der Waals surface area contributed by atoms with Crippen LogP contribution < -0.4 is 15.5 Å². The molecule has 2 heterocycles. The van der Waals surface area contributed by atoms with E-state index in [1.165, 1.54) is 12.1 Å². The van der Waals surface area contributed by atoms with Crippen molar-refractivity contribution in [1.29, 1.82) is 0 Å². The third kappa shape index (κ3) is 5.92. The highest BCUT2D eigenvalue weighted by Crippen LogP contribution is 2.38. The molecule has 2 fully saturated rings. The van der Waals surface area contributed by atoms with Gasteiger partial charge in [-0.05, 0) is 75.9 Å². The number of rotatable bonds is 8. The van der Waals surface area contributed by atoms with E-state index in [4.69, 9.17) is 0 Å². The Hall–Kier alpha value is -3.07. The first-order valence-electron chi connectivity index (χ1n) is 13.2. The first-order chi connectivity index (χ1) is 17.8. The number of aromatic nitrogens is 1. The number of amides is 2. The Morgan fingerprint density at radius 1 is 1.05 bits per heavy atom. The molecule has 1 aromatic heterocycles. The van der Waals surface area contributed by atoms with Gasteiger partial charge < -0.3 is 20.4 Å². The number of likely N-dealkylation sites (tertiary alicyclic amines) is 1. The lowest BCUT2D eigenvalue weighted by Crippen LogP contribution is -2.55. The fourth-order valence-corrected chi connectivity index (χ4v) is 5.52. The molecule has 1 aliphatic heterocycles. The van der Waals surface area contributed by atoms with Crippen LogP contribution in [-0.4, -0.2) is 54.4 Å². The molecule has 1 saturated heterocycles. The van der Waals surface area contributed by atoms with Gasteiger partial charge in [0, 0.05) is 31.0 Å². The number of halogens is 2. The quantitative estimate of drug-likeness (QED) is 0.545. The number of carbonyl (C=O) groups excluding carboxylic acids is 2. The van der Waals surface area contributed by atoms with Crippen molar-refractivity contribution >= 4 is 23.3 Å². The van der Waals surface area contributed by atoms with Crippen molar-refractivity contribution in [2.24, 2.45) is 5.92 Å². The summed E-state index contributed by atoms with van der Waals surface area (Å²) in [6, 6.07) is 5.91. The zero-order valence-electron chi connectivity index (χ0n) is 21.8. The Morgan fingerprint density at radius 2 is 1.76 bits per heavy atom. The van der Waals surface area contributed by atoms with E-state index in [9.17, 15) is 14.0 Å². The third-order valence-electron chi connectivity index (χ3n) is 7.84. The molecular weight excluding hydrogens is 476 g/mol. The largest absolute Gasteiger partial charge is 0.343 e. The van der Waals surface area contributed by atoms with Crippen LogP contribution in [0.15, 0.2) is 36.5 Å². The predicted octanol–water partition coefficient (Wildman–Crippen LogP) is 4.46. The second kappa shape index (κ2) is 12.0. The molecule has 0 radical (unpaired) electrons. The monoisotopic (exact) mass is 513 g/mol. The van der Waals surface area contributed by atoms with Crippen LogP contribution in [-0.2, 0) is 9.59 Å². The van der Waals surface area contributed by atoms with Gasteiger partial charge in [0.15, 0.2) is 11.6 Å². The number of carbonyl (C=O) groups is 2. The molecule has 37 heavy (non-hydrogen) atoms. The standard InChI is InChI=1S/C28H37F2N5O2/c1-18(31-2)27(36)33-25(19-8-5-4-6-9-19)28(37)35-17-7-10-23(35)22-15-16-32-26(24(22)30)34(3)21-13-11-20(29)12-14-21/h11-16,18-19,23,25,31H,4-10,17H2,1-3H3,(H,33,36)/t18?,23-,25?/m0/s1. The van der Waals surface area contributed by atoms with Gasteiger partial charge in [-0.1, -0.05) is 19.3 Å². The lowest BCUT2D eigenvalue weighted by atomic mass is 9.83. The van der Waals surface area contributed by atoms with Gasteiger partial charge in [-0.25, -0.2) is 13.8 Å². The fraction of sp³-hybridized carbons (Fsp3) is 0.536. The summed E-state index contributed by atoms with van der Waals surface area (Å²) in [5.41, 5.74) is 1.00. The number of pyridine rings is 1. The van der Waals surface area contributed by atoms with Crippen molar-refractivity contribution in [3.05, 3.63) is 53.7 Å². The maximum atomic E-state index is 15.9. The number of likely N-dealkylation sites (N-methyl/N-ethyl adjacent to an activating group) is 1. The van der Waals surface area contributed by atoms with Gasteiger partial charge in [0.1, 0.15) is 11.9 Å². The molecule has 7 nitrogen and oxygen atoms in total. The number of hydrogen-bond acceptors (Lipinski definition) is 5. The van der Waals surface area contributed by atoms with E-state index in [2.05, 4.69) is 15.6 Å². The summed E-state index contributed by atoms with van der Waals surface area (Å²) < 4.78 is 29.3. The van der Waals surface area contributed by atoms with Crippen molar-refractivity contribution < 1.29 is 18.4 Å². The minimum absolute atomic E-state index is 0.0676. The van der Waals surface area contributed by atoms with Crippen molar-refractivity contribution in [3.63, 3.8) is 0 Å². The highest BCUT2D eigenvalue weighted by Gasteiger charge is 2.40. The molecule has 1 aromatic carbocycles.